The molecule has 3 atom stereocenters. The number of hydrogen-bond donors (Lipinski definition) is 2. The molecule has 1 saturated heterocycles. The molecule has 9 nitrogen and oxygen atoms in total. The lowest BCUT2D eigenvalue weighted by molar-refractivity contribution is -0.182. The van der Waals surface area contributed by atoms with E-state index in [9.17, 15) is 27.6 Å². The van der Waals surface area contributed by atoms with Gasteiger partial charge in [0, 0.05) is 24.6 Å². The van der Waals surface area contributed by atoms with Crippen LogP contribution in [0.15, 0.2) is 42.0 Å². The van der Waals surface area contributed by atoms with E-state index in [0.29, 0.717) is 11.1 Å². The van der Waals surface area contributed by atoms with Crippen LogP contribution >= 0.6 is 0 Å². The van der Waals surface area contributed by atoms with Gasteiger partial charge < -0.3 is 29.4 Å². The van der Waals surface area contributed by atoms with Crippen molar-refractivity contribution >= 4 is 23.9 Å². The molecule has 184 valence electrons. The Bertz CT molecular complexity index is 975. The van der Waals surface area contributed by atoms with Crippen molar-refractivity contribution < 1.29 is 51.6 Å². The summed E-state index contributed by atoms with van der Waals surface area (Å²) in [6.07, 6.45) is -2.97. The number of nitrogens with one attached hydrogen (secondary N) is 1. The molecule has 1 fully saturated rings. The highest BCUT2D eigenvalue weighted by molar-refractivity contribution is 5.94. The molecule has 12 heteroatoms. The quantitative estimate of drug-likeness (QED) is 0.420. The number of carbonyl (C=O) groups excluding carboxylic acids is 3. The van der Waals surface area contributed by atoms with Gasteiger partial charge >= 0.3 is 18.1 Å². The molecule has 1 amide bonds. The van der Waals surface area contributed by atoms with Gasteiger partial charge in [0.1, 0.15) is 25.1 Å². The Morgan fingerprint density at radius 1 is 1.24 bits per heavy atom. The lowest BCUT2D eigenvalue weighted by Crippen LogP contribution is -2.43. The Labute approximate surface area is 192 Å². The molecule has 0 aromatic heterocycles. The van der Waals surface area contributed by atoms with Crippen molar-refractivity contribution in [1.82, 2.24) is 5.32 Å². The second-order valence-corrected chi connectivity index (χ2v) is 7.38. The third-order valence-electron chi connectivity index (χ3n) is 4.86. The third kappa shape index (κ3) is 7.14. The van der Waals surface area contributed by atoms with Gasteiger partial charge in [0.25, 0.3) is 0 Å². The van der Waals surface area contributed by atoms with Gasteiger partial charge in [0.2, 0.25) is 5.91 Å². The summed E-state index contributed by atoms with van der Waals surface area (Å²) in [6, 6.07) is 5.87. The second kappa shape index (κ2) is 11.3. The van der Waals surface area contributed by atoms with Crippen LogP contribution in [0.1, 0.15) is 22.3 Å². The molecule has 0 bridgehead atoms. The molecule has 1 aliphatic carbocycles. The minimum absolute atomic E-state index is 0.0316. The van der Waals surface area contributed by atoms with E-state index in [1.807, 2.05) is 0 Å². The van der Waals surface area contributed by atoms with E-state index in [2.05, 4.69) is 10.1 Å². The molecule has 3 rings (SSSR count). The van der Waals surface area contributed by atoms with Crippen molar-refractivity contribution in [3.63, 3.8) is 0 Å². The standard InChI is InChI=1S/C22H22F3NO8/c23-22(24,25)11-31-18(28)5-4-13-2-1-3-14(8-13)21(30)34-17-10-15(20(29)26-6-7-27)9-16-19(17)33-12-32-16/h1-5,8-9,16-17,19,27H,6-7,10-12H2,(H,26,29). The van der Waals surface area contributed by atoms with Crippen molar-refractivity contribution in [2.75, 3.05) is 26.6 Å². The Hall–Kier alpha value is -3.22. The van der Waals surface area contributed by atoms with Gasteiger partial charge in [-0.2, -0.15) is 13.2 Å². The third-order valence-corrected chi connectivity index (χ3v) is 4.86. The summed E-state index contributed by atoms with van der Waals surface area (Å²) in [7, 11) is 0. The monoisotopic (exact) mass is 485 g/mol. The summed E-state index contributed by atoms with van der Waals surface area (Å²) in [5.41, 5.74) is 0.790. The summed E-state index contributed by atoms with van der Waals surface area (Å²) < 4.78 is 56.9. The summed E-state index contributed by atoms with van der Waals surface area (Å²) in [5, 5.41) is 11.4. The number of halogens is 3. The Kier molecular flexibility index (Phi) is 8.42. The van der Waals surface area contributed by atoms with E-state index in [0.717, 1.165) is 6.08 Å². The maximum Gasteiger partial charge on any atom is 0.422 e. The zero-order valence-corrected chi connectivity index (χ0v) is 17.7. The van der Waals surface area contributed by atoms with Crippen molar-refractivity contribution in [3.05, 3.63) is 53.1 Å². The van der Waals surface area contributed by atoms with Crippen molar-refractivity contribution in [3.8, 4) is 0 Å². The van der Waals surface area contributed by atoms with Crippen molar-refractivity contribution in [2.45, 2.75) is 30.9 Å². The number of aliphatic hydroxyl groups is 1. The fourth-order valence-corrected chi connectivity index (χ4v) is 3.35. The van der Waals surface area contributed by atoms with Gasteiger partial charge in [-0.15, -0.1) is 0 Å². The minimum Gasteiger partial charge on any atom is -0.456 e. The Morgan fingerprint density at radius 3 is 2.76 bits per heavy atom. The van der Waals surface area contributed by atoms with Crippen LogP contribution in [-0.2, 0) is 28.5 Å². The van der Waals surface area contributed by atoms with Crippen LogP contribution in [0.3, 0.4) is 0 Å². The van der Waals surface area contributed by atoms with Crippen LogP contribution in [0.5, 0.6) is 0 Å². The summed E-state index contributed by atoms with van der Waals surface area (Å²) in [6.45, 7) is -1.90. The van der Waals surface area contributed by atoms with E-state index in [-0.39, 0.29) is 31.9 Å². The number of rotatable bonds is 8. The largest absolute Gasteiger partial charge is 0.456 e. The molecule has 1 aromatic rings. The van der Waals surface area contributed by atoms with E-state index >= 15 is 0 Å². The molecule has 1 aromatic carbocycles. The Morgan fingerprint density at radius 2 is 2.03 bits per heavy atom. The molecular formula is C22H22F3NO8. The Balaban J connectivity index is 1.65. The molecule has 1 aliphatic heterocycles. The fourth-order valence-electron chi connectivity index (χ4n) is 3.35. The van der Waals surface area contributed by atoms with Gasteiger partial charge in [-0.25, -0.2) is 9.59 Å². The number of amides is 1. The second-order valence-electron chi connectivity index (χ2n) is 7.38. The van der Waals surface area contributed by atoms with Crippen LogP contribution < -0.4 is 5.32 Å². The number of esters is 2. The first-order chi connectivity index (χ1) is 16.2. The van der Waals surface area contributed by atoms with Crippen LogP contribution in [0.2, 0.25) is 0 Å². The topological polar surface area (TPSA) is 120 Å². The van der Waals surface area contributed by atoms with E-state index < -0.39 is 48.9 Å². The molecule has 1 heterocycles. The first-order valence-corrected chi connectivity index (χ1v) is 10.2. The fraction of sp³-hybridized carbons (Fsp3) is 0.409. The maximum atomic E-state index is 12.7. The predicted octanol–water partition coefficient (Wildman–Crippen LogP) is 1.51. The molecule has 2 aliphatic rings. The number of alkyl halides is 3. The number of ether oxygens (including phenoxy) is 4. The van der Waals surface area contributed by atoms with Crippen molar-refractivity contribution in [2.24, 2.45) is 0 Å². The van der Waals surface area contributed by atoms with E-state index in [4.69, 9.17) is 19.3 Å². The van der Waals surface area contributed by atoms with Crippen LogP contribution in [0, 0.1) is 0 Å². The predicted molar refractivity (Wildman–Crippen MR) is 109 cm³/mol. The zero-order chi connectivity index (χ0) is 24.7. The highest BCUT2D eigenvalue weighted by atomic mass is 19.4. The molecule has 0 spiro atoms. The number of hydrogen-bond acceptors (Lipinski definition) is 8. The highest BCUT2D eigenvalue weighted by Gasteiger charge is 2.42. The average Bonchev–Trinajstić information content (AvgIpc) is 3.28. The van der Waals surface area contributed by atoms with Crippen LogP contribution in [-0.4, -0.2) is 74.0 Å². The SMILES string of the molecule is O=C(C=Cc1cccc(C(=O)OC2CC(C(=O)NCCO)=CC3OCOC32)c1)OCC(F)(F)F. The lowest BCUT2D eigenvalue weighted by atomic mass is 9.91. The smallest absolute Gasteiger partial charge is 0.422 e. The molecule has 2 N–H and O–H groups in total. The van der Waals surface area contributed by atoms with Gasteiger partial charge in [-0.05, 0) is 29.8 Å². The zero-order valence-electron chi connectivity index (χ0n) is 17.7. The molecule has 0 saturated carbocycles. The number of aliphatic hydroxyl groups excluding tert-OH is 1. The normalized spacial score (nSPS) is 22.1. The first kappa shape index (κ1) is 25.4. The number of carbonyl (C=O) groups is 3. The lowest BCUT2D eigenvalue weighted by Gasteiger charge is -2.30. The molecular weight excluding hydrogens is 463 g/mol. The van der Waals surface area contributed by atoms with E-state index in [1.54, 1.807) is 6.08 Å². The average molecular weight is 485 g/mol. The van der Waals surface area contributed by atoms with Crippen LogP contribution in [0.4, 0.5) is 13.2 Å². The maximum absolute atomic E-state index is 12.7. The van der Waals surface area contributed by atoms with Gasteiger partial charge in [0.15, 0.2) is 6.61 Å². The van der Waals surface area contributed by atoms with E-state index in [1.165, 1.54) is 30.3 Å². The van der Waals surface area contributed by atoms with Crippen LogP contribution in [0.25, 0.3) is 6.08 Å². The first-order valence-electron chi connectivity index (χ1n) is 10.2. The minimum atomic E-state index is -4.63. The summed E-state index contributed by atoms with van der Waals surface area (Å²) >= 11 is 0. The highest BCUT2D eigenvalue weighted by Crippen LogP contribution is 2.30. The van der Waals surface area contributed by atoms with Gasteiger partial charge in [-0.3, -0.25) is 4.79 Å². The van der Waals surface area contributed by atoms with Crippen molar-refractivity contribution in [1.29, 1.82) is 0 Å². The molecule has 3 unspecified atom stereocenters. The summed E-state index contributed by atoms with van der Waals surface area (Å²) in [4.78, 5) is 36.4. The summed E-state index contributed by atoms with van der Waals surface area (Å²) in [5.74, 6) is -2.34. The number of fused-ring (bicyclic) bond motifs is 1. The number of benzene rings is 1. The molecule has 34 heavy (non-hydrogen) atoms. The van der Waals surface area contributed by atoms with Gasteiger partial charge in [0.05, 0.1) is 12.2 Å². The molecule has 0 radical (unpaired) electrons. The van der Waals surface area contributed by atoms with Gasteiger partial charge in [-0.1, -0.05) is 12.1 Å².